The Morgan fingerprint density at radius 3 is 2.15 bits per heavy atom. The van der Waals surface area contributed by atoms with Crippen LogP contribution < -0.4 is 5.32 Å². The topological polar surface area (TPSA) is 49.3 Å². The minimum absolute atomic E-state index is 0.297. The van der Waals surface area contributed by atoms with Crippen LogP contribution in [0.1, 0.15) is 26.7 Å². The van der Waals surface area contributed by atoms with Crippen molar-refractivity contribution in [2.24, 2.45) is 0 Å². The molecule has 0 aromatic heterocycles. The zero-order valence-corrected chi connectivity index (χ0v) is 7.81. The molecule has 0 bridgehead atoms. The zero-order chi connectivity index (χ0) is 10.5. The van der Waals surface area contributed by atoms with Crippen LogP contribution in [-0.2, 0) is 4.79 Å². The summed E-state index contributed by atoms with van der Waals surface area (Å²) < 4.78 is 23.7. The van der Waals surface area contributed by atoms with Crippen molar-refractivity contribution in [2.75, 3.05) is 6.54 Å². The van der Waals surface area contributed by atoms with Crippen LogP contribution >= 0.6 is 0 Å². The predicted molar refractivity (Wildman–Crippen MR) is 45.0 cm³/mol. The SMILES string of the molecule is CCC(CC)(NCC(F)F)C(=O)O. The molecule has 0 aliphatic heterocycles. The van der Waals surface area contributed by atoms with Gasteiger partial charge in [-0.3, -0.25) is 10.1 Å². The minimum atomic E-state index is -2.52. The van der Waals surface area contributed by atoms with Gasteiger partial charge in [-0.1, -0.05) is 13.8 Å². The lowest BCUT2D eigenvalue weighted by molar-refractivity contribution is -0.145. The number of halogens is 2. The second kappa shape index (κ2) is 5.11. The summed E-state index contributed by atoms with van der Waals surface area (Å²) in [6, 6.07) is 0. The maximum Gasteiger partial charge on any atom is 0.323 e. The Hall–Kier alpha value is -0.710. The van der Waals surface area contributed by atoms with Crippen LogP contribution in [0, 0.1) is 0 Å². The normalized spacial score (nSPS) is 12.1. The monoisotopic (exact) mass is 195 g/mol. The third kappa shape index (κ3) is 3.26. The van der Waals surface area contributed by atoms with Gasteiger partial charge in [0.25, 0.3) is 6.43 Å². The molecule has 0 amide bonds. The molecule has 0 aliphatic rings. The average molecular weight is 195 g/mol. The number of carboxylic acid groups (broad SMARTS) is 1. The molecule has 78 valence electrons. The highest BCUT2D eigenvalue weighted by atomic mass is 19.3. The Labute approximate surface area is 76.1 Å². The van der Waals surface area contributed by atoms with Crippen molar-refractivity contribution in [3.05, 3.63) is 0 Å². The van der Waals surface area contributed by atoms with Crippen molar-refractivity contribution in [3.8, 4) is 0 Å². The van der Waals surface area contributed by atoms with Gasteiger partial charge in [0.1, 0.15) is 5.54 Å². The number of aliphatic carboxylic acids is 1. The molecule has 0 rings (SSSR count). The lowest BCUT2D eigenvalue weighted by atomic mass is 9.93. The third-order valence-corrected chi connectivity index (χ3v) is 2.21. The molecule has 0 aromatic carbocycles. The van der Waals surface area contributed by atoms with E-state index in [-0.39, 0.29) is 0 Å². The van der Waals surface area contributed by atoms with Gasteiger partial charge in [-0.2, -0.15) is 0 Å². The number of rotatable bonds is 6. The van der Waals surface area contributed by atoms with Crippen LogP contribution in [0.2, 0.25) is 0 Å². The molecule has 0 atom stereocenters. The highest BCUT2D eigenvalue weighted by Crippen LogP contribution is 2.15. The second-order valence-electron chi connectivity index (χ2n) is 2.87. The van der Waals surface area contributed by atoms with Crippen LogP contribution in [-0.4, -0.2) is 29.6 Å². The third-order valence-electron chi connectivity index (χ3n) is 2.21. The molecule has 13 heavy (non-hydrogen) atoms. The maximum atomic E-state index is 11.8. The molecule has 5 heteroatoms. The molecule has 2 N–H and O–H groups in total. The summed E-state index contributed by atoms with van der Waals surface area (Å²) in [5.41, 5.74) is -1.20. The molecule has 0 spiro atoms. The number of carbonyl (C=O) groups is 1. The van der Waals surface area contributed by atoms with E-state index in [1.165, 1.54) is 0 Å². The van der Waals surface area contributed by atoms with E-state index in [1.54, 1.807) is 13.8 Å². The van der Waals surface area contributed by atoms with Crippen molar-refractivity contribution in [1.29, 1.82) is 0 Å². The number of carboxylic acids is 1. The first-order valence-corrected chi connectivity index (χ1v) is 4.25. The summed E-state index contributed by atoms with van der Waals surface area (Å²) in [6.45, 7) is 2.75. The molecule has 0 aliphatic carbocycles. The van der Waals surface area contributed by atoms with Crippen LogP contribution in [0.3, 0.4) is 0 Å². The standard InChI is InChI=1S/C8H15F2NO2/c1-3-8(4-2,7(12)13)11-5-6(9)10/h6,11H,3-5H2,1-2H3,(H,12,13). The van der Waals surface area contributed by atoms with Crippen molar-refractivity contribution in [3.63, 3.8) is 0 Å². The molecular weight excluding hydrogens is 180 g/mol. The smallest absolute Gasteiger partial charge is 0.323 e. The minimum Gasteiger partial charge on any atom is -0.480 e. The Bertz CT molecular complexity index is 170. The summed E-state index contributed by atoms with van der Waals surface area (Å²) in [7, 11) is 0. The lowest BCUT2D eigenvalue weighted by Crippen LogP contribution is -2.52. The molecule has 0 saturated heterocycles. The van der Waals surface area contributed by atoms with Gasteiger partial charge in [-0.05, 0) is 12.8 Å². The number of hydrogen-bond donors (Lipinski definition) is 2. The molecular formula is C8H15F2NO2. The van der Waals surface area contributed by atoms with Gasteiger partial charge in [-0.15, -0.1) is 0 Å². The molecule has 3 nitrogen and oxygen atoms in total. The Balaban J connectivity index is 4.31. The lowest BCUT2D eigenvalue weighted by Gasteiger charge is -2.27. The van der Waals surface area contributed by atoms with Crippen LogP contribution in [0.5, 0.6) is 0 Å². The van der Waals surface area contributed by atoms with Gasteiger partial charge in [0.2, 0.25) is 0 Å². The second-order valence-corrected chi connectivity index (χ2v) is 2.87. The number of hydrogen-bond acceptors (Lipinski definition) is 2. The highest BCUT2D eigenvalue weighted by molar-refractivity contribution is 5.78. The molecule has 0 unspecified atom stereocenters. The van der Waals surface area contributed by atoms with Crippen molar-refractivity contribution in [2.45, 2.75) is 38.7 Å². The largest absolute Gasteiger partial charge is 0.480 e. The first-order chi connectivity index (χ1) is 5.98. The predicted octanol–water partition coefficient (Wildman–Crippen LogP) is 1.48. The van der Waals surface area contributed by atoms with Crippen LogP contribution in [0.25, 0.3) is 0 Å². The van der Waals surface area contributed by atoms with Gasteiger partial charge >= 0.3 is 5.97 Å². The van der Waals surface area contributed by atoms with Crippen molar-refractivity contribution in [1.82, 2.24) is 5.32 Å². The fraction of sp³-hybridized carbons (Fsp3) is 0.875. The van der Waals surface area contributed by atoms with E-state index in [0.29, 0.717) is 12.8 Å². The summed E-state index contributed by atoms with van der Waals surface area (Å²) in [5.74, 6) is -1.07. The van der Waals surface area contributed by atoms with Gasteiger partial charge in [0.15, 0.2) is 0 Å². The fourth-order valence-electron chi connectivity index (χ4n) is 1.15. The van der Waals surface area contributed by atoms with Gasteiger partial charge in [-0.25, -0.2) is 8.78 Å². The number of nitrogens with one attached hydrogen (secondary N) is 1. The summed E-state index contributed by atoms with van der Waals surface area (Å²) in [4.78, 5) is 10.8. The first kappa shape index (κ1) is 12.3. The van der Waals surface area contributed by atoms with E-state index in [1.807, 2.05) is 0 Å². The number of alkyl halides is 2. The van der Waals surface area contributed by atoms with Gasteiger partial charge in [0, 0.05) is 0 Å². The highest BCUT2D eigenvalue weighted by Gasteiger charge is 2.34. The Morgan fingerprint density at radius 2 is 1.92 bits per heavy atom. The maximum absolute atomic E-state index is 11.8. The van der Waals surface area contributed by atoms with Crippen molar-refractivity contribution < 1.29 is 18.7 Å². The van der Waals surface area contributed by atoms with Crippen LogP contribution in [0.4, 0.5) is 8.78 Å². The molecule has 0 aromatic rings. The molecule has 0 radical (unpaired) electrons. The van der Waals surface area contributed by atoms with Crippen molar-refractivity contribution >= 4 is 5.97 Å². The van der Waals surface area contributed by atoms with E-state index in [0.717, 1.165) is 0 Å². The molecule has 0 saturated carbocycles. The Morgan fingerprint density at radius 1 is 1.46 bits per heavy atom. The van der Waals surface area contributed by atoms with E-state index in [9.17, 15) is 13.6 Å². The van der Waals surface area contributed by atoms with E-state index in [4.69, 9.17) is 5.11 Å². The van der Waals surface area contributed by atoms with Crippen LogP contribution in [0.15, 0.2) is 0 Å². The Kier molecular flexibility index (Phi) is 4.83. The molecule has 0 fully saturated rings. The zero-order valence-electron chi connectivity index (χ0n) is 7.81. The quantitative estimate of drug-likeness (QED) is 0.675. The molecule has 0 heterocycles. The summed E-state index contributed by atoms with van der Waals surface area (Å²) >= 11 is 0. The van der Waals surface area contributed by atoms with E-state index < -0.39 is 24.5 Å². The van der Waals surface area contributed by atoms with E-state index >= 15 is 0 Å². The van der Waals surface area contributed by atoms with Gasteiger partial charge in [0.05, 0.1) is 6.54 Å². The van der Waals surface area contributed by atoms with E-state index in [2.05, 4.69) is 5.32 Å². The fourth-order valence-corrected chi connectivity index (χ4v) is 1.15. The summed E-state index contributed by atoms with van der Waals surface area (Å²) in [5, 5.41) is 11.2. The average Bonchev–Trinajstić information content (AvgIpc) is 2.06. The first-order valence-electron chi connectivity index (χ1n) is 4.25. The summed E-state index contributed by atoms with van der Waals surface area (Å²) in [6.07, 6.45) is -1.92. The van der Waals surface area contributed by atoms with Gasteiger partial charge < -0.3 is 5.11 Å².